The molecule has 0 saturated carbocycles. The number of carbonyl (C=O) groups is 1. The minimum atomic E-state index is -3.87. The van der Waals surface area contributed by atoms with Gasteiger partial charge in [-0.1, -0.05) is 29.8 Å². The Hall–Kier alpha value is -1.89. The molecule has 0 fully saturated rings. The first-order valence-electron chi connectivity index (χ1n) is 6.77. The van der Waals surface area contributed by atoms with E-state index in [1.54, 1.807) is 24.3 Å². The molecule has 7 heteroatoms. The van der Waals surface area contributed by atoms with Crippen LogP contribution in [0.3, 0.4) is 0 Å². The summed E-state index contributed by atoms with van der Waals surface area (Å²) in [6.07, 6.45) is 0. The lowest BCUT2D eigenvalue weighted by molar-refractivity contribution is 0.0596. The minimum Gasteiger partial charge on any atom is -0.465 e. The number of esters is 1. The Labute approximate surface area is 140 Å². The number of aryl methyl sites for hydroxylation is 1. The number of nitrogens with one attached hydrogen (secondary N) is 1. The predicted molar refractivity (Wildman–Crippen MR) is 88.0 cm³/mol. The molecule has 23 heavy (non-hydrogen) atoms. The van der Waals surface area contributed by atoms with E-state index in [9.17, 15) is 13.2 Å². The van der Waals surface area contributed by atoms with Gasteiger partial charge in [0, 0.05) is 11.6 Å². The summed E-state index contributed by atoms with van der Waals surface area (Å²) in [5, 5.41) is 0.528. The second kappa shape index (κ2) is 7.12. The smallest absolute Gasteiger partial charge is 0.339 e. The lowest BCUT2D eigenvalue weighted by Crippen LogP contribution is -2.25. The van der Waals surface area contributed by atoms with Crippen molar-refractivity contribution in [2.75, 3.05) is 7.11 Å². The van der Waals surface area contributed by atoms with Crippen LogP contribution in [0.5, 0.6) is 0 Å². The second-order valence-electron chi connectivity index (χ2n) is 4.88. The van der Waals surface area contributed by atoms with Crippen LogP contribution in [0.15, 0.2) is 47.4 Å². The van der Waals surface area contributed by atoms with E-state index in [1.807, 2.05) is 13.0 Å². The number of hydrogen-bond acceptors (Lipinski definition) is 4. The van der Waals surface area contributed by atoms with Gasteiger partial charge in [-0.15, -0.1) is 0 Å². The molecule has 0 aliphatic heterocycles. The highest BCUT2D eigenvalue weighted by Gasteiger charge is 2.22. The average molecular weight is 354 g/mol. The van der Waals surface area contributed by atoms with Gasteiger partial charge in [-0.25, -0.2) is 17.9 Å². The largest absolute Gasteiger partial charge is 0.465 e. The van der Waals surface area contributed by atoms with E-state index in [1.165, 1.54) is 19.2 Å². The third-order valence-corrected chi connectivity index (χ3v) is 5.04. The maximum absolute atomic E-state index is 12.5. The number of halogens is 1. The molecule has 0 bridgehead atoms. The SMILES string of the molecule is COC(=O)c1ccccc1S(=O)(=O)NCc1cc(Cl)ccc1C. The van der Waals surface area contributed by atoms with Crippen molar-refractivity contribution in [1.82, 2.24) is 4.72 Å². The third-order valence-electron chi connectivity index (χ3n) is 3.35. The molecular weight excluding hydrogens is 338 g/mol. The summed E-state index contributed by atoms with van der Waals surface area (Å²) in [7, 11) is -2.66. The van der Waals surface area contributed by atoms with Gasteiger partial charge >= 0.3 is 5.97 Å². The van der Waals surface area contributed by atoms with E-state index in [4.69, 9.17) is 11.6 Å². The normalized spacial score (nSPS) is 11.3. The second-order valence-corrected chi connectivity index (χ2v) is 7.05. The first kappa shape index (κ1) is 17.5. The van der Waals surface area contributed by atoms with Crippen LogP contribution >= 0.6 is 11.6 Å². The van der Waals surface area contributed by atoms with Crippen molar-refractivity contribution >= 4 is 27.6 Å². The van der Waals surface area contributed by atoms with Gasteiger partial charge < -0.3 is 4.74 Å². The standard InChI is InChI=1S/C16H16ClNO4S/c1-11-7-8-13(17)9-12(11)10-18-23(20,21)15-6-4-3-5-14(15)16(19)22-2/h3-9,18H,10H2,1-2H3. The number of benzene rings is 2. The molecule has 0 aliphatic carbocycles. The van der Waals surface area contributed by atoms with E-state index in [0.717, 1.165) is 11.1 Å². The van der Waals surface area contributed by atoms with E-state index in [2.05, 4.69) is 9.46 Å². The molecule has 0 aromatic heterocycles. The van der Waals surface area contributed by atoms with Crippen molar-refractivity contribution in [3.05, 3.63) is 64.2 Å². The van der Waals surface area contributed by atoms with Crippen LogP contribution in [0.2, 0.25) is 5.02 Å². The quantitative estimate of drug-likeness (QED) is 0.839. The van der Waals surface area contributed by atoms with Crippen molar-refractivity contribution in [2.45, 2.75) is 18.4 Å². The van der Waals surface area contributed by atoms with Gasteiger partial charge in [0.05, 0.1) is 17.6 Å². The van der Waals surface area contributed by atoms with Crippen molar-refractivity contribution < 1.29 is 17.9 Å². The maximum Gasteiger partial charge on any atom is 0.339 e. The van der Waals surface area contributed by atoms with E-state index < -0.39 is 16.0 Å². The van der Waals surface area contributed by atoms with E-state index in [-0.39, 0.29) is 17.0 Å². The Kier molecular flexibility index (Phi) is 5.41. The summed E-state index contributed by atoms with van der Waals surface area (Å²) in [5.41, 5.74) is 1.67. The van der Waals surface area contributed by atoms with E-state index >= 15 is 0 Å². The monoisotopic (exact) mass is 353 g/mol. The molecule has 0 unspecified atom stereocenters. The first-order valence-corrected chi connectivity index (χ1v) is 8.63. The molecule has 2 rings (SSSR count). The lowest BCUT2D eigenvalue weighted by atomic mass is 10.1. The minimum absolute atomic E-state index is 0.00897. The number of carbonyl (C=O) groups excluding carboxylic acids is 1. The van der Waals surface area contributed by atoms with Crippen LogP contribution in [-0.4, -0.2) is 21.5 Å². The molecular formula is C16H16ClNO4S. The number of rotatable bonds is 5. The Morgan fingerprint density at radius 1 is 1.22 bits per heavy atom. The molecule has 5 nitrogen and oxygen atoms in total. The van der Waals surface area contributed by atoms with Gasteiger partial charge in [0.1, 0.15) is 0 Å². The van der Waals surface area contributed by atoms with Gasteiger partial charge in [0.15, 0.2) is 0 Å². The Morgan fingerprint density at radius 2 is 1.91 bits per heavy atom. The molecule has 122 valence electrons. The van der Waals surface area contributed by atoms with Crippen LogP contribution in [0.25, 0.3) is 0 Å². The molecule has 0 spiro atoms. The zero-order valence-corrected chi connectivity index (χ0v) is 14.2. The lowest BCUT2D eigenvalue weighted by Gasteiger charge is -2.11. The summed E-state index contributed by atoms with van der Waals surface area (Å²) in [6.45, 7) is 1.94. The van der Waals surface area contributed by atoms with E-state index in [0.29, 0.717) is 5.02 Å². The Bertz CT molecular complexity index is 834. The number of methoxy groups -OCH3 is 1. The van der Waals surface area contributed by atoms with Gasteiger partial charge in [0.25, 0.3) is 0 Å². The number of ether oxygens (including phenoxy) is 1. The fourth-order valence-electron chi connectivity index (χ4n) is 2.06. The fourth-order valence-corrected chi connectivity index (χ4v) is 3.45. The summed E-state index contributed by atoms with van der Waals surface area (Å²) in [4.78, 5) is 11.6. The van der Waals surface area contributed by atoms with Crippen LogP contribution in [-0.2, 0) is 21.3 Å². The third kappa shape index (κ3) is 4.10. The van der Waals surface area contributed by atoms with Crippen LogP contribution in [0.4, 0.5) is 0 Å². The zero-order valence-electron chi connectivity index (χ0n) is 12.7. The van der Waals surface area contributed by atoms with Gasteiger partial charge in [-0.3, -0.25) is 0 Å². The average Bonchev–Trinajstić information content (AvgIpc) is 2.55. The number of sulfonamides is 1. The highest BCUT2D eigenvalue weighted by molar-refractivity contribution is 7.89. The van der Waals surface area contributed by atoms with Crippen LogP contribution < -0.4 is 4.72 Å². The van der Waals surface area contributed by atoms with Gasteiger partial charge in [-0.05, 0) is 42.3 Å². The first-order chi connectivity index (χ1) is 10.8. The van der Waals surface area contributed by atoms with Gasteiger partial charge in [-0.2, -0.15) is 0 Å². The van der Waals surface area contributed by atoms with Gasteiger partial charge in [0.2, 0.25) is 10.0 Å². The molecule has 1 N–H and O–H groups in total. The molecule has 2 aromatic carbocycles. The molecule has 0 heterocycles. The molecule has 0 amide bonds. The van der Waals surface area contributed by atoms with Crippen molar-refractivity contribution in [1.29, 1.82) is 0 Å². The number of hydrogen-bond donors (Lipinski definition) is 1. The van der Waals surface area contributed by atoms with Crippen molar-refractivity contribution in [3.8, 4) is 0 Å². The Morgan fingerprint density at radius 3 is 2.61 bits per heavy atom. The summed E-state index contributed by atoms with van der Waals surface area (Å²) in [6, 6.07) is 11.1. The van der Waals surface area contributed by atoms with Crippen molar-refractivity contribution in [3.63, 3.8) is 0 Å². The maximum atomic E-state index is 12.5. The van der Waals surface area contributed by atoms with Crippen molar-refractivity contribution in [2.24, 2.45) is 0 Å². The van der Waals surface area contributed by atoms with Crippen LogP contribution in [0, 0.1) is 6.92 Å². The summed E-state index contributed by atoms with van der Waals surface area (Å²) in [5.74, 6) is -0.704. The molecule has 2 aromatic rings. The topological polar surface area (TPSA) is 72.5 Å². The highest BCUT2D eigenvalue weighted by Crippen LogP contribution is 2.19. The Balaban J connectivity index is 2.30. The predicted octanol–water partition coefficient (Wildman–Crippen LogP) is 2.91. The summed E-state index contributed by atoms with van der Waals surface area (Å²) < 4.78 is 32.1. The van der Waals surface area contributed by atoms with Crippen LogP contribution in [0.1, 0.15) is 21.5 Å². The fraction of sp³-hybridized carbons (Fsp3) is 0.188. The molecule has 0 radical (unpaired) electrons. The molecule has 0 atom stereocenters. The summed E-state index contributed by atoms with van der Waals surface area (Å²) >= 11 is 5.93. The molecule has 0 aliphatic rings. The molecule has 0 saturated heterocycles. The highest BCUT2D eigenvalue weighted by atomic mass is 35.5. The zero-order chi connectivity index (χ0) is 17.0.